The first-order valence-electron chi connectivity index (χ1n) is 9.40. The summed E-state index contributed by atoms with van der Waals surface area (Å²) in [6.07, 6.45) is 6.60. The van der Waals surface area contributed by atoms with Gasteiger partial charge in [-0.25, -0.2) is 0 Å². The van der Waals surface area contributed by atoms with Gasteiger partial charge >= 0.3 is 0 Å². The van der Waals surface area contributed by atoms with Crippen LogP contribution in [0.5, 0.6) is 0 Å². The minimum absolute atomic E-state index is 0.421. The molecule has 1 saturated carbocycles. The summed E-state index contributed by atoms with van der Waals surface area (Å²) in [6.45, 7) is 5.55. The highest BCUT2D eigenvalue weighted by Gasteiger charge is 2.30. The van der Waals surface area contributed by atoms with Crippen LogP contribution in [-0.2, 0) is 19.5 Å². The van der Waals surface area contributed by atoms with Crippen LogP contribution in [0.15, 0.2) is 9.05 Å². The molecule has 1 saturated heterocycles. The molecule has 136 valence electrons. The van der Waals surface area contributed by atoms with Crippen molar-refractivity contribution < 1.29 is 9.05 Å². The van der Waals surface area contributed by atoms with E-state index >= 15 is 0 Å². The van der Waals surface area contributed by atoms with E-state index in [2.05, 4.69) is 37.4 Å². The van der Waals surface area contributed by atoms with E-state index in [1.165, 1.54) is 12.8 Å². The van der Waals surface area contributed by atoms with Gasteiger partial charge in [0, 0.05) is 24.9 Å². The van der Waals surface area contributed by atoms with Crippen LogP contribution in [-0.4, -0.2) is 44.3 Å². The Bertz CT molecular complexity index is 680. The van der Waals surface area contributed by atoms with Crippen LogP contribution in [0.2, 0.25) is 0 Å². The molecular weight excluding hydrogens is 320 g/mol. The summed E-state index contributed by atoms with van der Waals surface area (Å²) in [7, 11) is 0. The third-order valence-electron chi connectivity index (χ3n) is 4.81. The zero-order valence-corrected chi connectivity index (χ0v) is 14.8. The van der Waals surface area contributed by atoms with Crippen molar-refractivity contribution >= 4 is 0 Å². The molecule has 0 unspecified atom stereocenters. The van der Waals surface area contributed by atoms with Crippen LogP contribution in [0.3, 0.4) is 0 Å². The fourth-order valence-corrected chi connectivity index (χ4v) is 3.31. The molecule has 1 N–H and O–H groups in total. The lowest BCUT2D eigenvalue weighted by Gasteiger charge is -2.32. The van der Waals surface area contributed by atoms with E-state index in [1.54, 1.807) is 0 Å². The normalized spacial score (nSPS) is 21.7. The zero-order chi connectivity index (χ0) is 17.1. The molecule has 8 nitrogen and oxygen atoms in total. The Morgan fingerprint density at radius 1 is 1.12 bits per heavy atom. The van der Waals surface area contributed by atoms with Gasteiger partial charge in [-0.3, -0.25) is 4.90 Å². The number of hydrogen-bond acceptors (Lipinski definition) is 8. The molecular formula is C17H26N6O2. The molecule has 8 heteroatoms. The van der Waals surface area contributed by atoms with Crippen molar-refractivity contribution in [3.05, 3.63) is 23.4 Å². The van der Waals surface area contributed by atoms with Gasteiger partial charge in [-0.2, -0.15) is 9.97 Å². The second kappa shape index (κ2) is 7.61. The highest BCUT2D eigenvalue weighted by Crippen LogP contribution is 2.38. The monoisotopic (exact) mass is 346 g/mol. The minimum atomic E-state index is 0.421. The molecule has 2 aliphatic rings. The van der Waals surface area contributed by atoms with E-state index in [9.17, 15) is 0 Å². The standard InChI is InChI=1S/C17H26N6O2/c1-2-4-14-19-16(24-21-14)9-18-13-5-3-8-23(10-13)11-15-20-17(25-22-15)12-6-7-12/h12-13,18H,2-11H2,1H3/t13-/m0/s1. The number of rotatable bonds is 8. The molecule has 25 heavy (non-hydrogen) atoms. The maximum Gasteiger partial charge on any atom is 0.240 e. The first-order chi connectivity index (χ1) is 12.3. The van der Waals surface area contributed by atoms with Crippen molar-refractivity contribution in [3.63, 3.8) is 0 Å². The van der Waals surface area contributed by atoms with E-state index in [4.69, 9.17) is 9.05 Å². The lowest BCUT2D eigenvalue weighted by atomic mass is 10.1. The van der Waals surface area contributed by atoms with Crippen LogP contribution in [0.4, 0.5) is 0 Å². The lowest BCUT2D eigenvalue weighted by molar-refractivity contribution is 0.174. The number of hydrogen-bond donors (Lipinski definition) is 1. The first kappa shape index (κ1) is 16.7. The van der Waals surface area contributed by atoms with Gasteiger partial charge in [0.2, 0.25) is 11.8 Å². The fraction of sp³-hybridized carbons (Fsp3) is 0.765. The molecule has 1 aliphatic carbocycles. The predicted molar refractivity (Wildman–Crippen MR) is 89.7 cm³/mol. The zero-order valence-electron chi connectivity index (χ0n) is 14.8. The molecule has 0 spiro atoms. The van der Waals surface area contributed by atoms with E-state index in [0.29, 0.717) is 24.4 Å². The van der Waals surface area contributed by atoms with Crippen LogP contribution in [0, 0.1) is 0 Å². The number of nitrogens with zero attached hydrogens (tertiary/aromatic N) is 5. The number of aromatic nitrogens is 4. The Hall–Kier alpha value is -1.80. The Labute approximate surface area is 147 Å². The highest BCUT2D eigenvalue weighted by atomic mass is 16.5. The minimum Gasteiger partial charge on any atom is -0.339 e. The molecule has 1 atom stereocenters. The third-order valence-corrected chi connectivity index (χ3v) is 4.81. The second-order valence-corrected chi connectivity index (χ2v) is 7.13. The quantitative estimate of drug-likeness (QED) is 0.776. The van der Waals surface area contributed by atoms with Crippen LogP contribution in [0.25, 0.3) is 0 Å². The predicted octanol–water partition coefficient (Wildman–Crippen LogP) is 2.04. The van der Waals surface area contributed by atoms with Gasteiger partial charge in [-0.05, 0) is 38.6 Å². The molecule has 3 heterocycles. The Morgan fingerprint density at radius 3 is 2.84 bits per heavy atom. The lowest BCUT2D eigenvalue weighted by Crippen LogP contribution is -2.45. The molecule has 4 rings (SSSR count). The fourth-order valence-electron chi connectivity index (χ4n) is 3.31. The SMILES string of the molecule is CCCc1noc(CN[C@H]2CCCN(Cc3noc(C4CC4)n3)C2)n1. The molecule has 2 aromatic rings. The van der Waals surface area contributed by atoms with Crippen LogP contribution in [0.1, 0.15) is 68.4 Å². The summed E-state index contributed by atoms with van der Waals surface area (Å²) in [5.74, 6) is 3.62. The van der Waals surface area contributed by atoms with Crippen molar-refractivity contribution in [2.75, 3.05) is 13.1 Å². The van der Waals surface area contributed by atoms with Gasteiger partial charge in [0.15, 0.2) is 11.6 Å². The van der Waals surface area contributed by atoms with Gasteiger partial charge in [0.25, 0.3) is 0 Å². The van der Waals surface area contributed by atoms with Gasteiger partial charge in [0.05, 0.1) is 13.1 Å². The van der Waals surface area contributed by atoms with Gasteiger partial charge in [0.1, 0.15) is 0 Å². The first-order valence-corrected chi connectivity index (χ1v) is 9.40. The van der Waals surface area contributed by atoms with Crippen LogP contribution >= 0.6 is 0 Å². The van der Waals surface area contributed by atoms with E-state index in [0.717, 1.165) is 62.9 Å². The number of piperidine rings is 1. The second-order valence-electron chi connectivity index (χ2n) is 7.13. The van der Waals surface area contributed by atoms with Crippen LogP contribution < -0.4 is 5.32 Å². The number of likely N-dealkylation sites (tertiary alicyclic amines) is 1. The summed E-state index contributed by atoms with van der Waals surface area (Å²) in [4.78, 5) is 11.3. The van der Waals surface area contributed by atoms with Crippen molar-refractivity contribution in [2.45, 2.75) is 70.5 Å². The van der Waals surface area contributed by atoms with E-state index in [-0.39, 0.29) is 0 Å². The summed E-state index contributed by atoms with van der Waals surface area (Å²) in [5, 5.41) is 11.7. The smallest absolute Gasteiger partial charge is 0.240 e. The summed E-state index contributed by atoms with van der Waals surface area (Å²) >= 11 is 0. The molecule has 2 fully saturated rings. The molecule has 0 aromatic carbocycles. The highest BCUT2D eigenvalue weighted by molar-refractivity contribution is 5.01. The molecule has 1 aliphatic heterocycles. The van der Waals surface area contributed by atoms with Crippen molar-refractivity contribution in [2.24, 2.45) is 0 Å². The van der Waals surface area contributed by atoms with E-state index < -0.39 is 0 Å². The Morgan fingerprint density at radius 2 is 2.00 bits per heavy atom. The van der Waals surface area contributed by atoms with Gasteiger partial charge < -0.3 is 14.4 Å². The molecule has 0 amide bonds. The maximum absolute atomic E-state index is 5.35. The largest absolute Gasteiger partial charge is 0.339 e. The summed E-state index contributed by atoms with van der Waals surface area (Å²) in [5.41, 5.74) is 0. The number of aryl methyl sites for hydroxylation is 1. The average Bonchev–Trinajstić information content (AvgIpc) is 3.20. The summed E-state index contributed by atoms with van der Waals surface area (Å²) in [6, 6.07) is 0.421. The maximum atomic E-state index is 5.35. The van der Waals surface area contributed by atoms with Gasteiger partial charge in [-0.15, -0.1) is 0 Å². The van der Waals surface area contributed by atoms with Crippen molar-refractivity contribution in [1.82, 2.24) is 30.5 Å². The topological polar surface area (TPSA) is 93.1 Å². The van der Waals surface area contributed by atoms with Gasteiger partial charge in [-0.1, -0.05) is 17.2 Å². The number of nitrogens with one attached hydrogen (secondary N) is 1. The Balaban J connectivity index is 1.25. The molecule has 0 bridgehead atoms. The summed E-state index contributed by atoms with van der Waals surface area (Å²) < 4.78 is 10.6. The third kappa shape index (κ3) is 4.43. The Kier molecular flexibility index (Phi) is 5.07. The van der Waals surface area contributed by atoms with Crippen molar-refractivity contribution in [3.8, 4) is 0 Å². The van der Waals surface area contributed by atoms with Crippen molar-refractivity contribution in [1.29, 1.82) is 0 Å². The molecule has 0 radical (unpaired) electrons. The van der Waals surface area contributed by atoms with E-state index in [1.807, 2.05) is 0 Å². The average molecular weight is 346 g/mol. The molecule has 2 aromatic heterocycles.